The minimum Gasteiger partial charge on any atom is -0.464 e. The number of benzene rings is 5. The van der Waals surface area contributed by atoms with E-state index in [-0.39, 0.29) is 170 Å². The van der Waals surface area contributed by atoms with E-state index in [4.69, 9.17) is 47.9 Å². The predicted octanol–water partition coefficient (Wildman–Crippen LogP) is 28.4. The SMILES string of the molecule is CCC(=O)OC1CC(C)(CC)N(OC(C)c2ccccc2)C(C)(CC)C1C.CCC1(C)CC(OC(C)=O)C(C)C(C)(CC)N1OC(C)c1ccccc1.CCC1(C)CC(OC=O)C(C)C(C)(CC)N1OC(C)c1ccccc1.CCCC(=O)OC1CC(C)(CC)N(OC(C)c2ccccc2)C(C)(CC)C1C.CCCCC(=O)OC1CC(C)(CC)N(OC(C)c2ccccc2)C(C)(CC)C1C. The number of carbonyl (C=O) groups is 5. The van der Waals surface area contributed by atoms with E-state index in [2.05, 4.69) is 325 Å². The molecular formula is C115H185N5O15. The molecule has 0 aromatic heterocycles. The molecule has 25 atom stereocenters. The Bertz CT molecular complexity index is 4330. The lowest BCUT2D eigenvalue weighted by Gasteiger charge is -2.59. The fourth-order valence-corrected chi connectivity index (χ4v) is 21.5. The molecule has 0 spiro atoms. The van der Waals surface area contributed by atoms with Gasteiger partial charge in [-0.3, -0.25) is 48.2 Å². The Morgan fingerprint density at radius 2 is 0.511 bits per heavy atom. The summed E-state index contributed by atoms with van der Waals surface area (Å²) in [5.41, 5.74) is 3.79. The summed E-state index contributed by atoms with van der Waals surface area (Å²) < 4.78 is 29.0. The molecule has 5 aliphatic heterocycles. The Labute approximate surface area is 818 Å². The lowest BCUT2D eigenvalue weighted by molar-refractivity contribution is -0.336. The molecular weight excluding hydrogens is 1690 g/mol. The molecule has 0 radical (unpaired) electrons. The average Bonchev–Trinajstić information content (AvgIpc) is 0.757. The lowest BCUT2D eigenvalue weighted by Crippen LogP contribution is -2.68. The first-order valence-corrected chi connectivity index (χ1v) is 52.1. The number of rotatable bonds is 37. The zero-order chi connectivity index (χ0) is 101. The Morgan fingerprint density at radius 3 is 0.704 bits per heavy atom. The van der Waals surface area contributed by atoms with Gasteiger partial charge in [-0.25, -0.2) is 0 Å². The van der Waals surface area contributed by atoms with Crippen LogP contribution in [0.5, 0.6) is 0 Å². The second-order valence-electron chi connectivity index (χ2n) is 42.2. The minimum absolute atomic E-state index is 0.0336. The number of nitrogens with zero attached hydrogens (tertiary/aromatic N) is 5. The number of ether oxygens (including phenoxy) is 5. The van der Waals surface area contributed by atoms with Gasteiger partial charge in [0, 0.05) is 143 Å². The molecule has 0 aliphatic carbocycles. The maximum atomic E-state index is 12.4. The number of unbranched alkanes of at least 4 members (excludes halogenated alkanes) is 1. The molecule has 5 heterocycles. The van der Waals surface area contributed by atoms with Gasteiger partial charge in [0.1, 0.15) is 61.0 Å². The Morgan fingerprint density at radius 1 is 0.304 bits per heavy atom. The van der Waals surface area contributed by atoms with Crippen LogP contribution in [0.3, 0.4) is 0 Å². The van der Waals surface area contributed by atoms with E-state index < -0.39 is 0 Å². The van der Waals surface area contributed by atoms with Gasteiger partial charge < -0.3 is 23.7 Å². The van der Waals surface area contributed by atoms with Crippen molar-refractivity contribution in [1.29, 1.82) is 0 Å². The number of carbonyl (C=O) groups excluding carboxylic acids is 5. The summed E-state index contributed by atoms with van der Waals surface area (Å²) in [6, 6.07) is 51.7. The van der Waals surface area contributed by atoms with Crippen LogP contribution in [0.15, 0.2) is 152 Å². The average molecular weight is 1880 g/mol. The topological polar surface area (TPSA) is 194 Å². The second-order valence-corrected chi connectivity index (χ2v) is 42.2. The summed E-state index contributed by atoms with van der Waals surface area (Å²) in [5, 5.41) is 11.2. The van der Waals surface area contributed by atoms with Gasteiger partial charge in [0.25, 0.3) is 6.47 Å². The van der Waals surface area contributed by atoms with E-state index in [1.807, 2.05) is 80.6 Å². The normalized spacial score (nSPS) is 32.8. The number of hydrogen-bond donors (Lipinski definition) is 0. The van der Waals surface area contributed by atoms with Crippen LogP contribution in [-0.4, -0.2) is 142 Å². The van der Waals surface area contributed by atoms with Crippen LogP contribution in [0.1, 0.15) is 429 Å². The standard InChI is InChI=1S/C25H41NO3.C24H39NO3.C23H37NO3.C22H35NO3.C21H33NO3/c1-8-11-17-23(27)28-22-18-24(6,9-2)26(25(7,10-3)19(22)4)29-20(5)21-15-13-12-14-16-21;1-8-14-22(26)27-21-17-23(6,9-2)25(24(7,10-3)18(21)4)28-19(5)20-15-12-11-13-16-20;1-8-21(25)26-20-16-22(6,9-2)24(23(7,10-3)17(20)4)27-18(5)19-14-12-11-13-15-19;1-8-21(6)15-20(25-18(5)24)16(3)22(7,9-2)23(21)26-17(4)19-13-11-10-12-14-19;1-7-20(5)14-19(24-15-23)16(3)21(6,8-2)22(20)25-17(4)18-12-10-9-11-13-18/h12-16,19-20,22H,8-11,17-18H2,1-7H3;11-13,15-16,18-19,21H,8-10,14,17H2,1-7H3;11-15,17-18,20H,8-10,16H2,1-7H3;10-14,16-17,20H,8-9,15H2,1-7H3;9-13,15-17,19H,7-8,14H2,1-6H3. The van der Waals surface area contributed by atoms with E-state index in [1.165, 1.54) is 34.7 Å². The molecule has 5 aromatic carbocycles. The van der Waals surface area contributed by atoms with Crippen molar-refractivity contribution < 1.29 is 71.8 Å². The quantitative estimate of drug-likeness (QED) is 0.0207. The maximum absolute atomic E-state index is 12.4. The van der Waals surface area contributed by atoms with Crippen LogP contribution < -0.4 is 0 Å². The van der Waals surface area contributed by atoms with E-state index in [1.54, 1.807) is 0 Å². The van der Waals surface area contributed by atoms with E-state index in [0.29, 0.717) is 25.7 Å². The van der Waals surface area contributed by atoms with Crippen LogP contribution in [-0.2, 0) is 71.8 Å². The van der Waals surface area contributed by atoms with Crippen LogP contribution in [0.25, 0.3) is 0 Å². The number of piperidine rings is 5. The van der Waals surface area contributed by atoms with Crippen LogP contribution >= 0.6 is 0 Å². The first-order chi connectivity index (χ1) is 63.6. The number of esters is 4. The molecule has 5 saturated heterocycles. The minimum atomic E-state index is -0.220. The lowest BCUT2D eigenvalue weighted by atomic mass is 9.69. The highest BCUT2D eigenvalue weighted by Gasteiger charge is 2.61. The Kier molecular flexibility index (Phi) is 45.0. The molecule has 5 fully saturated rings. The van der Waals surface area contributed by atoms with Gasteiger partial charge in [-0.05, 0) is 209 Å². The first-order valence-electron chi connectivity index (χ1n) is 52.1. The van der Waals surface area contributed by atoms with Gasteiger partial charge in [0.2, 0.25) is 0 Å². The summed E-state index contributed by atoms with van der Waals surface area (Å²) in [6.07, 6.45) is 16.7. The highest BCUT2D eigenvalue weighted by molar-refractivity contribution is 5.70. The van der Waals surface area contributed by atoms with Crippen molar-refractivity contribution in [3.05, 3.63) is 179 Å². The molecule has 0 saturated carbocycles. The highest BCUT2D eigenvalue weighted by atomic mass is 16.7. The van der Waals surface area contributed by atoms with Crippen molar-refractivity contribution in [2.24, 2.45) is 29.6 Å². The second kappa shape index (κ2) is 52.0. The summed E-state index contributed by atoms with van der Waals surface area (Å²) >= 11 is 0. The van der Waals surface area contributed by atoms with Gasteiger partial charge in [0.15, 0.2) is 0 Å². The van der Waals surface area contributed by atoms with Gasteiger partial charge in [-0.15, -0.1) is 0 Å². The maximum Gasteiger partial charge on any atom is 0.306 e. The van der Waals surface area contributed by atoms with Gasteiger partial charge in [-0.1, -0.05) is 283 Å². The molecule has 0 amide bonds. The molecule has 20 nitrogen and oxygen atoms in total. The summed E-state index contributed by atoms with van der Waals surface area (Å²) in [4.78, 5) is 92.4. The summed E-state index contributed by atoms with van der Waals surface area (Å²) in [5.74, 6) is 0.448. The molecule has 25 unspecified atom stereocenters. The van der Waals surface area contributed by atoms with Crippen molar-refractivity contribution >= 4 is 30.3 Å². The Balaban J connectivity index is 0.000000259. The van der Waals surface area contributed by atoms with Crippen LogP contribution in [0.2, 0.25) is 0 Å². The number of hydrogen-bond acceptors (Lipinski definition) is 20. The molecule has 760 valence electrons. The monoisotopic (exact) mass is 1880 g/mol. The Hall–Kier alpha value is -6.95. The summed E-state index contributed by atoms with van der Waals surface area (Å²) in [6.45, 7) is 73.8. The third-order valence-corrected chi connectivity index (χ3v) is 33.6. The van der Waals surface area contributed by atoms with Gasteiger partial charge >= 0.3 is 23.9 Å². The zero-order valence-corrected chi connectivity index (χ0v) is 90.4. The van der Waals surface area contributed by atoms with Crippen molar-refractivity contribution in [3.8, 4) is 0 Å². The molecule has 5 aromatic rings. The zero-order valence-electron chi connectivity index (χ0n) is 90.4. The summed E-state index contributed by atoms with van der Waals surface area (Å²) in [7, 11) is 0. The van der Waals surface area contributed by atoms with Crippen molar-refractivity contribution in [2.75, 3.05) is 0 Å². The third-order valence-electron chi connectivity index (χ3n) is 33.6. The van der Waals surface area contributed by atoms with Crippen molar-refractivity contribution in [3.63, 3.8) is 0 Å². The largest absolute Gasteiger partial charge is 0.464 e. The van der Waals surface area contributed by atoms with Crippen molar-refractivity contribution in [2.45, 2.75) is 487 Å². The fourth-order valence-electron chi connectivity index (χ4n) is 21.5. The molecule has 0 N–H and O–H groups in total. The molecule has 135 heavy (non-hydrogen) atoms. The van der Waals surface area contributed by atoms with Crippen LogP contribution in [0, 0.1) is 29.6 Å². The van der Waals surface area contributed by atoms with Gasteiger partial charge in [0.05, 0.1) is 0 Å². The van der Waals surface area contributed by atoms with Crippen molar-refractivity contribution in [1.82, 2.24) is 25.3 Å². The fraction of sp³-hybridized carbons (Fsp3) is 0.696. The van der Waals surface area contributed by atoms with E-state index in [0.717, 1.165) is 116 Å². The molecule has 5 aliphatic rings. The first kappa shape index (κ1) is 117. The van der Waals surface area contributed by atoms with E-state index in [9.17, 15) is 24.0 Å². The van der Waals surface area contributed by atoms with Crippen LogP contribution in [0.4, 0.5) is 0 Å². The molecule has 10 rings (SSSR count). The third kappa shape index (κ3) is 28.1. The van der Waals surface area contributed by atoms with E-state index >= 15 is 0 Å². The molecule has 20 heteroatoms. The van der Waals surface area contributed by atoms with Gasteiger partial charge in [-0.2, -0.15) is 25.3 Å². The smallest absolute Gasteiger partial charge is 0.306 e. The molecule has 0 bridgehead atoms. The predicted molar refractivity (Wildman–Crippen MR) is 546 cm³/mol. The highest BCUT2D eigenvalue weighted by Crippen LogP contribution is 2.55. The number of hydroxylamine groups is 10.